The molecule has 0 fully saturated rings. The highest BCUT2D eigenvalue weighted by Gasteiger charge is 2.24. The zero-order valence-electron chi connectivity index (χ0n) is 19.8. The van der Waals surface area contributed by atoms with E-state index in [1.54, 1.807) is 24.3 Å². The molecule has 0 spiro atoms. The van der Waals surface area contributed by atoms with Crippen LogP contribution in [0.15, 0.2) is 77.7 Å². The van der Waals surface area contributed by atoms with E-state index in [2.05, 4.69) is 5.32 Å². The van der Waals surface area contributed by atoms with Gasteiger partial charge in [0, 0.05) is 19.2 Å². The molecule has 34 heavy (non-hydrogen) atoms. The summed E-state index contributed by atoms with van der Waals surface area (Å²) < 4.78 is 38.3. The van der Waals surface area contributed by atoms with Gasteiger partial charge in [0.2, 0.25) is 0 Å². The minimum Gasteiger partial charge on any atom is -0.495 e. The van der Waals surface area contributed by atoms with E-state index in [0.717, 1.165) is 15.4 Å². The number of sulfonamides is 1. The van der Waals surface area contributed by atoms with Crippen molar-refractivity contribution in [1.82, 2.24) is 5.32 Å². The van der Waals surface area contributed by atoms with E-state index in [9.17, 15) is 13.2 Å². The second kappa shape index (κ2) is 11.2. The fourth-order valence-corrected chi connectivity index (χ4v) is 4.57. The Balaban J connectivity index is 1.70. The van der Waals surface area contributed by atoms with Crippen LogP contribution in [-0.2, 0) is 27.9 Å². The lowest BCUT2D eigenvalue weighted by molar-refractivity contribution is 0.0651. The summed E-state index contributed by atoms with van der Waals surface area (Å²) in [6.45, 7) is 4.76. The molecule has 0 unspecified atom stereocenters. The molecule has 1 N–H and O–H groups in total. The number of ether oxygens (including phenoxy) is 2. The number of amides is 1. The molecule has 0 saturated carbocycles. The maximum Gasteiger partial charge on any atom is 0.264 e. The zero-order valence-corrected chi connectivity index (χ0v) is 20.6. The molecule has 7 nitrogen and oxygen atoms in total. The third kappa shape index (κ3) is 5.95. The van der Waals surface area contributed by atoms with Crippen molar-refractivity contribution < 1.29 is 22.7 Å². The number of carbonyl (C=O) groups is 1. The number of nitrogens with one attached hydrogen (secondary N) is 1. The summed E-state index contributed by atoms with van der Waals surface area (Å²) in [5.74, 6) is 0.158. The molecule has 0 atom stereocenters. The van der Waals surface area contributed by atoms with Crippen LogP contribution in [0.1, 0.15) is 35.3 Å². The van der Waals surface area contributed by atoms with Gasteiger partial charge in [-0.3, -0.25) is 9.10 Å². The van der Waals surface area contributed by atoms with Gasteiger partial charge in [0.15, 0.2) is 0 Å². The van der Waals surface area contributed by atoms with Gasteiger partial charge in [-0.1, -0.05) is 36.4 Å². The molecule has 180 valence electrons. The Labute approximate surface area is 201 Å². The van der Waals surface area contributed by atoms with Crippen LogP contribution in [0, 0.1) is 0 Å². The van der Waals surface area contributed by atoms with E-state index in [4.69, 9.17) is 9.47 Å². The smallest absolute Gasteiger partial charge is 0.264 e. The monoisotopic (exact) mass is 482 g/mol. The molecule has 0 saturated heterocycles. The van der Waals surface area contributed by atoms with Crippen LogP contribution in [0.4, 0.5) is 5.69 Å². The van der Waals surface area contributed by atoms with E-state index < -0.39 is 10.0 Å². The van der Waals surface area contributed by atoms with E-state index in [-0.39, 0.29) is 16.9 Å². The van der Waals surface area contributed by atoms with Crippen molar-refractivity contribution >= 4 is 21.6 Å². The minimum atomic E-state index is -3.83. The fourth-order valence-electron chi connectivity index (χ4n) is 3.36. The Morgan fingerprint density at radius 1 is 0.941 bits per heavy atom. The van der Waals surface area contributed by atoms with Crippen LogP contribution < -0.4 is 14.4 Å². The first-order chi connectivity index (χ1) is 16.2. The van der Waals surface area contributed by atoms with Gasteiger partial charge in [0.1, 0.15) is 5.75 Å². The maximum absolute atomic E-state index is 13.1. The maximum atomic E-state index is 13.1. The number of methoxy groups -OCH3 is 1. The van der Waals surface area contributed by atoms with E-state index >= 15 is 0 Å². The SMILES string of the molecule is COc1ccccc1N(C)S(=O)(=O)c1ccc(C(=O)NCc2ccccc2COC(C)C)cc1. The molecule has 3 aromatic rings. The lowest BCUT2D eigenvalue weighted by atomic mass is 10.1. The number of hydrogen-bond donors (Lipinski definition) is 1. The molecule has 0 aliphatic carbocycles. The summed E-state index contributed by atoms with van der Waals surface area (Å²) in [6.07, 6.45) is 0.111. The van der Waals surface area contributed by atoms with Crippen molar-refractivity contribution in [2.45, 2.75) is 38.0 Å². The van der Waals surface area contributed by atoms with Crippen LogP contribution >= 0.6 is 0 Å². The van der Waals surface area contributed by atoms with Crippen LogP contribution in [0.3, 0.4) is 0 Å². The van der Waals surface area contributed by atoms with Crippen molar-refractivity contribution in [1.29, 1.82) is 0 Å². The zero-order chi connectivity index (χ0) is 24.7. The van der Waals surface area contributed by atoms with Crippen molar-refractivity contribution in [2.24, 2.45) is 0 Å². The average molecular weight is 483 g/mol. The number of carbonyl (C=O) groups excluding carboxylic acids is 1. The average Bonchev–Trinajstić information content (AvgIpc) is 2.86. The molecule has 0 aliphatic rings. The van der Waals surface area contributed by atoms with Gasteiger partial charge in [-0.05, 0) is 61.4 Å². The molecule has 3 rings (SSSR count). The van der Waals surface area contributed by atoms with Gasteiger partial charge >= 0.3 is 0 Å². The first-order valence-electron chi connectivity index (χ1n) is 10.9. The quantitative estimate of drug-likeness (QED) is 0.464. The summed E-state index contributed by atoms with van der Waals surface area (Å²) >= 11 is 0. The van der Waals surface area contributed by atoms with Gasteiger partial charge in [0.05, 0.1) is 30.4 Å². The minimum absolute atomic E-state index is 0.0774. The third-order valence-electron chi connectivity index (χ3n) is 5.33. The number of benzene rings is 3. The Hall–Kier alpha value is -3.36. The van der Waals surface area contributed by atoms with Crippen molar-refractivity contribution in [3.8, 4) is 5.75 Å². The first-order valence-corrected chi connectivity index (χ1v) is 12.4. The Morgan fingerprint density at radius 2 is 1.56 bits per heavy atom. The van der Waals surface area contributed by atoms with Crippen molar-refractivity contribution in [2.75, 3.05) is 18.5 Å². The molecule has 0 radical (unpaired) electrons. The summed E-state index contributed by atoms with van der Waals surface area (Å²) in [5, 5.41) is 2.89. The lowest BCUT2D eigenvalue weighted by Gasteiger charge is -2.21. The molecule has 0 aliphatic heterocycles. The second-order valence-electron chi connectivity index (χ2n) is 7.98. The number of hydrogen-bond acceptors (Lipinski definition) is 5. The summed E-state index contributed by atoms with van der Waals surface area (Å²) in [7, 11) is -0.879. The van der Waals surface area contributed by atoms with Gasteiger partial charge in [-0.15, -0.1) is 0 Å². The number of para-hydroxylation sites is 2. The first kappa shape index (κ1) is 25.3. The Kier molecular flexibility index (Phi) is 8.31. The lowest BCUT2D eigenvalue weighted by Crippen LogP contribution is -2.27. The van der Waals surface area contributed by atoms with Crippen LogP contribution in [0.25, 0.3) is 0 Å². The molecule has 3 aromatic carbocycles. The van der Waals surface area contributed by atoms with Gasteiger partial charge in [-0.25, -0.2) is 8.42 Å². The Bertz CT molecular complexity index is 1220. The summed E-state index contributed by atoms with van der Waals surface area (Å²) in [5.41, 5.74) is 2.77. The normalized spacial score (nSPS) is 11.3. The molecular formula is C26H30N2O5S. The highest BCUT2D eigenvalue weighted by atomic mass is 32.2. The molecule has 8 heteroatoms. The summed E-state index contributed by atoms with van der Waals surface area (Å²) in [6, 6.07) is 20.5. The molecule has 0 aromatic heterocycles. The van der Waals surface area contributed by atoms with Crippen molar-refractivity contribution in [3.63, 3.8) is 0 Å². The number of rotatable bonds is 10. The van der Waals surface area contributed by atoms with E-state index in [0.29, 0.717) is 30.2 Å². The molecule has 0 heterocycles. The van der Waals surface area contributed by atoms with Gasteiger partial charge < -0.3 is 14.8 Å². The topological polar surface area (TPSA) is 84.9 Å². The largest absolute Gasteiger partial charge is 0.495 e. The van der Waals surface area contributed by atoms with Crippen LogP contribution in [-0.4, -0.2) is 34.6 Å². The standard InChI is InChI=1S/C26H30N2O5S/c1-19(2)33-18-22-10-6-5-9-21(22)17-27-26(29)20-13-15-23(16-14-20)34(30,31)28(3)24-11-7-8-12-25(24)32-4/h5-16,19H,17-18H2,1-4H3,(H,27,29). The molecule has 0 bridgehead atoms. The highest BCUT2D eigenvalue weighted by molar-refractivity contribution is 7.92. The van der Waals surface area contributed by atoms with Gasteiger partial charge in [-0.2, -0.15) is 0 Å². The number of anilines is 1. The number of nitrogens with zero attached hydrogens (tertiary/aromatic N) is 1. The molecular weight excluding hydrogens is 452 g/mol. The second-order valence-corrected chi connectivity index (χ2v) is 9.95. The van der Waals surface area contributed by atoms with Gasteiger partial charge in [0.25, 0.3) is 15.9 Å². The molecule has 1 amide bonds. The predicted molar refractivity (Wildman–Crippen MR) is 133 cm³/mol. The van der Waals surface area contributed by atoms with E-state index in [1.807, 2.05) is 38.1 Å². The van der Waals surface area contributed by atoms with Crippen LogP contribution in [0.2, 0.25) is 0 Å². The van der Waals surface area contributed by atoms with Crippen LogP contribution in [0.5, 0.6) is 5.75 Å². The third-order valence-corrected chi connectivity index (χ3v) is 7.11. The Morgan fingerprint density at radius 3 is 2.21 bits per heavy atom. The highest BCUT2D eigenvalue weighted by Crippen LogP contribution is 2.30. The van der Waals surface area contributed by atoms with E-state index in [1.165, 1.54) is 38.4 Å². The van der Waals surface area contributed by atoms with Crippen molar-refractivity contribution in [3.05, 3.63) is 89.5 Å². The summed E-state index contributed by atoms with van der Waals surface area (Å²) in [4.78, 5) is 12.8. The predicted octanol–water partition coefficient (Wildman–Crippen LogP) is 4.38. The fraction of sp³-hybridized carbons (Fsp3) is 0.269.